The van der Waals surface area contributed by atoms with E-state index >= 15 is 0 Å². The van der Waals surface area contributed by atoms with Crippen LogP contribution in [0, 0.1) is 0 Å². The van der Waals surface area contributed by atoms with Crippen LogP contribution >= 0.6 is 0 Å². The second-order valence-electron chi connectivity index (χ2n) is 10.4. The summed E-state index contributed by atoms with van der Waals surface area (Å²) in [6.07, 6.45) is 11.8. The number of sulfone groups is 1. The zero-order valence-electron chi connectivity index (χ0n) is 21.9. The number of piperidine rings is 1. The van der Waals surface area contributed by atoms with Crippen LogP contribution in [-0.2, 0) is 9.84 Å². The van der Waals surface area contributed by atoms with Gasteiger partial charge in [-0.15, -0.1) is 0 Å². The molecule has 0 aromatic carbocycles. The lowest BCUT2D eigenvalue weighted by Crippen LogP contribution is -2.46. The molecule has 0 radical (unpaired) electrons. The Hall–Kier alpha value is -4.79. The quantitative estimate of drug-likeness (QED) is 0.313. The number of rotatable bonds is 5. The van der Waals surface area contributed by atoms with E-state index in [1.807, 2.05) is 17.0 Å². The van der Waals surface area contributed by atoms with Crippen LogP contribution in [-0.4, -0.2) is 82.3 Å². The number of hydrogen-bond donors (Lipinski definition) is 2. The van der Waals surface area contributed by atoms with Gasteiger partial charge in [-0.1, -0.05) is 6.07 Å². The van der Waals surface area contributed by atoms with Gasteiger partial charge in [0.1, 0.15) is 22.7 Å². The van der Waals surface area contributed by atoms with Crippen molar-refractivity contribution in [1.82, 2.24) is 49.6 Å². The number of pyridine rings is 1. The predicted octanol–water partition coefficient (Wildman–Crippen LogP) is 1.90. The van der Waals surface area contributed by atoms with Gasteiger partial charge in [0.15, 0.2) is 21.3 Å². The molecule has 7 heterocycles. The maximum absolute atomic E-state index is 13.1. The molecular formula is C26H25N11O3S. The van der Waals surface area contributed by atoms with Crippen molar-refractivity contribution in [3.05, 3.63) is 60.8 Å². The Morgan fingerprint density at radius 1 is 1.05 bits per heavy atom. The van der Waals surface area contributed by atoms with Crippen molar-refractivity contribution in [1.29, 1.82) is 0 Å². The van der Waals surface area contributed by atoms with Gasteiger partial charge in [0.25, 0.3) is 5.91 Å². The van der Waals surface area contributed by atoms with Crippen molar-refractivity contribution in [2.45, 2.75) is 48.6 Å². The minimum atomic E-state index is -3.75. The summed E-state index contributed by atoms with van der Waals surface area (Å²) in [4.78, 5) is 36.9. The summed E-state index contributed by atoms with van der Waals surface area (Å²) in [7, 11) is -3.75. The third kappa shape index (κ3) is 4.20. The van der Waals surface area contributed by atoms with E-state index < -0.39 is 9.84 Å². The van der Waals surface area contributed by atoms with Crippen LogP contribution in [0.1, 0.15) is 47.9 Å². The van der Waals surface area contributed by atoms with Crippen LogP contribution in [0.5, 0.6) is 0 Å². The lowest BCUT2D eigenvalue weighted by atomic mass is 9.87. The molecule has 5 aromatic rings. The average molecular weight is 572 g/mol. The summed E-state index contributed by atoms with van der Waals surface area (Å²) >= 11 is 0. The number of fused-ring (bicyclic) bond motifs is 3. The molecule has 2 bridgehead atoms. The zero-order valence-corrected chi connectivity index (χ0v) is 22.7. The molecule has 2 saturated heterocycles. The molecule has 208 valence electrons. The molecule has 3 atom stereocenters. The van der Waals surface area contributed by atoms with Gasteiger partial charge in [-0.2, -0.15) is 14.7 Å². The largest absolute Gasteiger partial charge is 0.382 e. The van der Waals surface area contributed by atoms with Gasteiger partial charge in [-0.25, -0.2) is 28.4 Å². The third-order valence-electron chi connectivity index (χ3n) is 7.88. The van der Waals surface area contributed by atoms with Crippen LogP contribution < -0.4 is 5.73 Å². The Kier molecular flexibility index (Phi) is 5.78. The molecule has 15 heteroatoms. The molecule has 0 spiro atoms. The number of nitrogens with two attached hydrogens (primary N) is 1. The van der Waals surface area contributed by atoms with E-state index in [0.29, 0.717) is 41.3 Å². The van der Waals surface area contributed by atoms with Gasteiger partial charge in [0, 0.05) is 54.0 Å². The van der Waals surface area contributed by atoms with Gasteiger partial charge >= 0.3 is 0 Å². The maximum Gasteiger partial charge on any atom is 0.291 e. The summed E-state index contributed by atoms with van der Waals surface area (Å²) in [5.74, 6) is 0.289. The summed E-state index contributed by atoms with van der Waals surface area (Å²) < 4.78 is 27.5. The van der Waals surface area contributed by atoms with E-state index in [1.54, 1.807) is 30.9 Å². The number of aromatic nitrogens is 9. The van der Waals surface area contributed by atoms with Crippen molar-refractivity contribution in [3.8, 4) is 22.6 Å². The topological polar surface area (TPSA) is 191 Å². The van der Waals surface area contributed by atoms with Gasteiger partial charge < -0.3 is 10.6 Å². The lowest BCUT2D eigenvalue weighted by molar-refractivity contribution is 0.0556. The smallest absolute Gasteiger partial charge is 0.291 e. The van der Waals surface area contributed by atoms with E-state index in [4.69, 9.17) is 10.7 Å². The van der Waals surface area contributed by atoms with E-state index in [-0.39, 0.29) is 40.4 Å². The monoisotopic (exact) mass is 571 g/mol. The molecule has 1 unspecified atom stereocenters. The number of H-pyrrole nitrogens is 1. The van der Waals surface area contributed by atoms with Crippen molar-refractivity contribution in [3.63, 3.8) is 0 Å². The van der Waals surface area contributed by atoms with E-state index in [0.717, 1.165) is 24.7 Å². The summed E-state index contributed by atoms with van der Waals surface area (Å²) in [5, 5.41) is 10.8. The number of nitrogens with zero attached hydrogens (tertiary/aromatic N) is 9. The fourth-order valence-electron chi connectivity index (χ4n) is 6.16. The number of carbonyl (C=O) groups is 1. The minimum absolute atomic E-state index is 0.00790. The van der Waals surface area contributed by atoms with Gasteiger partial charge in [0.2, 0.25) is 5.82 Å². The highest BCUT2D eigenvalue weighted by Crippen LogP contribution is 2.45. The first kappa shape index (κ1) is 25.2. The number of amides is 1. The van der Waals surface area contributed by atoms with E-state index in [2.05, 4.69) is 35.2 Å². The summed E-state index contributed by atoms with van der Waals surface area (Å²) in [6, 6.07) is 5.25. The summed E-state index contributed by atoms with van der Waals surface area (Å²) in [6.45, 7) is 0. The first-order chi connectivity index (χ1) is 19.8. The molecule has 14 nitrogen and oxygen atoms in total. The van der Waals surface area contributed by atoms with E-state index in [9.17, 15) is 13.2 Å². The number of nitrogen functional groups attached to an aromatic ring is 1. The minimum Gasteiger partial charge on any atom is -0.382 e. The zero-order chi connectivity index (χ0) is 28.3. The molecule has 7 rings (SSSR count). The Morgan fingerprint density at radius 3 is 2.44 bits per heavy atom. The lowest BCUT2D eigenvalue weighted by Gasteiger charge is -2.38. The highest BCUT2D eigenvalue weighted by Gasteiger charge is 2.46. The second kappa shape index (κ2) is 9.40. The summed E-state index contributed by atoms with van der Waals surface area (Å²) in [5.41, 5.74) is 9.34. The number of nitrogens with one attached hydrogen (secondary N) is 1. The maximum atomic E-state index is 13.1. The van der Waals surface area contributed by atoms with Crippen LogP contribution in [0.4, 0.5) is 5.82 Å². The molecule has 1 amide bonds. The van der Waals surface area contributed by atoms with Gasteiger partial charge in [0.05, 0.1) is 11.9 Å². The van der Waals surface area contributed by atoms with Crippen LogP contribution in [0.2, 0.25) is 0 Å². The molecule has 0 saturated carbocycles. The number of hydrogen-bond acceptors (Lipinski definition) is 11. The van der Waals surface area contributed by atoms with Crippen molar-refractivity contribution < 1.29 is 13.2 Å². The highest BCUT2D eigenvalue weighted by atomic mass is 32.2. The third-order valence-corrected chi connectivity index (χ3v) is 9.04. The number of anilines is 1. The van der Waals surface area contributed by atoms with Gasteiger partial charge in [-0.3, -0.25) is 14.9 Å². The molecule has 3 N–H and O–H groups in total. The Morgan fingerprint density at radius 2 is 1.80 bits per heavy atom. The fourth-order valence-corrected chi connectivity index (χ4v) is 7.22. The molecular weight excluding hydrogens is 546 g/mol. The second-order valence-corrected chi connectivity index (χ2v) is 12.3. The standard InChI is InChI=1S/C26H25N11O3S/c1-41(39,40)21-20(15-9-16-4-5-17(10-15)36(16)26(38)24-31-13-32-35-24)34-25-18(12-33-37(25)22(21)27)14-3-6-19(30-11-14)23-28-7-2-8-29-23/h2-3,6-8,11-13,15-17H,4-5,9-10,27H2,1H3,(H,31,32,35)/t15?,16-,17+. The van der Waals surface area contributed by atoms with Crippen molar-refractivity contribution >= 4 is 27.2 Å². The normalized spacial score (nSPS) is 20.5. The molecule has 2 fully saturated rings. The number of carbonyl (C=O) groups excluding carboxylic acids is 1. The number of aromatic amines is 1. The van der Waals surface area contributed by atoms with Crippen molar-refractivity contribution in [2.75, 3.05) is 12.0 Å². The Bertz CT molecular complexity index is 1860. The highest BCUT2D eigenvalue weighted by molar-refractivity contribution is 7.91. The Labute approximate surface area is 234 Å². The van der Waals surface area contributed by atoms with Crippen LogP contribution in [0.3, 0.4) is 0 Å². The van der Waals surface area contributed by atoms with Crippen LogP contribution in [0.25, 0.3) is 28.3 Å². The van der Waals surface area contributed by atoms with Crippen LogP contribution in [0.15, 0.2) is 54.2 Å². The molecule has 5 aromatic heterocycles. The molecule has 2 aliphatic rings. The first-order valence-corrected chi connectivity index (χ1v) is 15.0. The molecule has 2 aliphatic heterocycles. The van der Waals surface area contributed by atoms with Crippen molar-refractivity contribution in [2.24, 2.45) is 0 Å². The predicted molar refractivity (Wildman–Crippen MR) is 146 cm³/mol. The fraction of sp³-hybridized carbons (Fsp3) is 0.308. The Balaban J connectivity index is 1.29. The van der Waals surface area contributed by atoms with Gasteiger partial charge in [-0.05, 0) is 37.8 Å². The first-order valence-electron chi connectivity index (χ1n) is 13.1. The average Bonchev–Trinajstić information content (AvgIpc) is 3.71. The SMILES string of the molecule is CS(=O)(=O)c1c(C2C[C@H]3CC[C@@H](C2)N3C(=O)c2ncn[nH]2)nc2c(-c3ccc(-c4ncccn4)nc3)cnn2c1N. The molecule has 41 heavy (non-hydrogen) atoms. The molecule has 0 aliphatic carbocycles. The van der Waals surface area contributed by atoms with E-state index in [1.165, 1.54) is 10.8 Å².